The molecule has 0 unspecified atom stereocenters. The molecule has 0 aliphatic heterocycles. The van der Waals surface area contributed by atoms with Gasteiger partial charge in [-0.05, 0) is 36.4 Å². The van der Waals surface area contributed by atoms with Crippen LogP contribution in [0, 0.1) is 0 Å². The minimum Gasteiger partial charge on any atom is -1.00 e. The predicted octanol–water partition coefficient (Wildman–Crippen LogP) is 1.30. The standard InChI is InChI=1S/C19H18P.BrH.K.H/c1-20(17-11-5-2-6-12-17,18-13-7-3-8-14-18)19-15-9-4-10-16-19;;;/h2-16H,1H3;1H;;/q+1;;+1;-1. The molecule has 0 fully saturated rings. The molecule has 0 N–H and O–H groups in total. The van der Waals surface area contributed by atoms with Crippen molar-refractivity contribution in [3.05, 3.63) is 91.0 Å². The van der Waals surface area contributed by atoms with E-state index in [1.54, 1.807) is 0 Å². The summed E-state index contributed by atoms with van der Waals surface area (Å²) in [6, 6.07) is 32.6. The molecule has 0 aliphatic rings. The second-order valence-corrected chi connectivity index (χ2v) is 8.57. The number of halogens is 1. The second kappa shape index (κ2) is 9.49. The fourth-order valence-electron chi connectivity index (χ4n) is 2.63. The smallest absolute Gasteiger partial charge is 1.00 e. The number of benzene rings is 3. The van der Waals surface area contributed by atoms with Crippen LogP contribution in [0.25, 0.3) is 0 Å². The van der Waals surface area contributed by atoms with Gasteiger partial charge in [0, 0.05) is 0 Å². The first kappa shape index (κ1) is 20.3. The zero-order valence-electron chi connectivity index (χ0n) is 14.0. The average molecular weight is 398 g/mol. The van der Waals surface area contributed by atoms with Crippen LogP contribution in [0.2, 0.25) is 0 Å². The maximum atomic E-state index is 2.41. The molecule has 3 heteroatoms. The van der Waals surface area contributed by atoms with Crippen molar-refractivity contribution in [3.63, 3.8) is 0 Å². The van der Waals surface area contributed by atoms with E-state index in [1.165, 1.54) is 15.9 Å². The van der Waals surface area contributed by atoms with Crippen LogP contribution in [0.1, 0.15) is 1.43 Å². The zero-order valence-corrected chi connectivity index (χ0v) is 18.7. The summed E-state index contributed by atoms with van der Waals surface area (Å²) in [7, 11) is -1.53. The predicted molar refractivity (Wildman–Crippen MR) is 103 cm³/mol. The van der Waals surface area contributed by atoms with Gasteiger partial charge in [0.05, 0.1) is 6.66 Å². The Balaban J connectivity index is 0.00000161. The van der Waals surface area contributed by atoms with Crippen LogP contribution in [0.15, 0.2) is 91.0 Å². The average Bonchev–Trinajstić information content (AvgIpc) is 2.56. The molecule has 0 saturated heterocycles. The third kappa shape index (κ3) is 4.18. The van der Waals surface area contributed by atoms with Crippen LogP contribution >= 0.6 is 24.2 Å². The first-order chi connectivity index (χ1) is 9.82. The van der Waals surface area contributed by atoms with Crippen molar-refractivity contribution < 1.29 is 52.8 Å². The molecule has 0 aromatic heterocycles. The molecule has 3 aromatic carbocycles. The molecule has 0 bridgehead atoms. The molecule has 0 amide bonds. The Morgan fingerprint density at radius 1 is 0.545 bits per heavy atom. The van der Waals surface area contributed by atoms with Gasteiger partial charge < -0.3 is 1.43 Å². The minimum absolute atomic E-state index is 0. The van der Waals surface area contributed by atoms with E-state index < -0.39 is 7.26 Å². The number of rotatable bonds is 3. The molecule has 0 aliphatic carbocycles. The molecule has 22 heavy (non-hydrogen) atoms. The first-order valence-electron chi connectivity index (χ1n) is 6.85. The molecule has 3 rings (SSSR count). The Morgan fingerprint density at radius 3 is 1.00 bits per heavy atom. The molecule has 3 aromatic rings. The quantitative estimate of drug-likeness (QED) is 0.461. The van der Waals surface area contributed by atoms with Crippen LogP contribution in [-0.2, 0) is 0 Å². The van der Waals surface area contributed by atoms with Crippen LogP contribution in [0.5, 0.6) is 0 Å². The van der Waals surface area contributed by atoms with Gasteiger partial charge in [-0.2, -0.15) is 0 Å². The van der Waals surface area contributed by atoms with E-state index in [2.05, 4.69) is 97.7 Å². The van der Waals surface area contributed by atoms with E-state index in [1.807, 2.05) is 0 Å². The number of hydrogen-bond donors (Lipinski definition) is 0. The van der Waals surface area contributed by atoms with Crippen molar-refractivity contribution in [1.82, 2.24) is 0 Å². The Hall–Kier alpha value is 0.206. The Kier molecular flexibility index (Phi) is 8.74. The maximum Gasteiger partial charge on any atom is 1.00 e. The number of hydrogen-bond acceptors (Lipinski definition) is 0. The van der Waals surface area contributed by atoms with E-state index in [0.717, 1.165) is 0 Å². The molecular weight excluding hydrogens is 378 g/mol. The SMILES string of the molecule is Br.C[P+](c1ccccc1)(c1ccccc1)c1ccccc1.[H-].[K+]. The molecular formula is C19H20BrKP+. The van der Waals surface area contributed by atoms with Gasteiger partial charge in [-0.25, -0.2) is 0 Å². The summed E-state index contributed by atoms with van der Waals surface area (Å²) in [4.78, 5) is 0. The van der Waals surface area contributed by atoms with Gasteiger partial charge in [-0.1, -0.05) is 54.6 Å². The molecule has 0 atom stereocenters. The van der Waals surface area contributed by atoms with E-state index in [9.17, 15) is 0 Å². The molecule has 0 nitrogen and oxygen atoms in total. The van der Waals surface area contributed by atoms with Gasteiger partial charge >= 0.3 is 51.4 Å². The van der Waals surface area contributed by atoms with Crippen LogP contribution in [0.3, 0.4) is 0 Å². The Morgan fingerprint density at radius 2 is 0.773 bits per heavy atom. The largest absolute Gasteiger partial charge is 1.00 e. The van der Waals surface area contributed by atoms with Crippen LogP contribution in [0.4, 0.5) is 0 Å². The second-order valence-electron chi connectivity index (χ2n) is 5.01. The Bertz CT molecular complexity index is 581. The van der Waals surface area contributed by atoms with Crippen LogP contribution < -0.4 is 67.3 Å². The molecule has 0 heterocycles. The van der Waals surface area contributed by atoms with Crippen molar-refractivity contribution in [2.75, 3.05) is 6.66 Å². The summed E-state index contributed by atoms with van der Waals surface area (Å²) in [5.41, 5.74) is 0. The molecule has 108 valence electrons. The summed E-state index contributed by atoms with van der Waals surface area (Å²) < 4.78 is 0. The van der Waals surface area contributed by atoms with Gasteiger partial charge in [-0.3, -0.25) is 0 Å². The fraction of sp³-hybridized carbons (Fsp3) is 0.0526. The summed E-state index contributed by atoms with van der Waals surface area (Å²) in [6.45, 7) is 2.41. The van der Waals surface area contributed by atoms with Crippen molar-refractivity contribution in [3.8, 4) is 0 Å². The monoisotopic (exact) mass is 397 g/mol. The van der Waals surface area contributed by atoms with E-state index in [4.69, 9.17) is 0 Å². The van der Waals surface area contributed by atoms with Gasteiger partial charge in [0.15, 0.2) is 0 Å². The summed E-state index contributed by atoms with van der Waals surface area (Å²) in [6.07, 6.45) is 0. The maximum absolute atomic E-state index is 2.41. The van der Waals surface area contributed by atoms with Gasteiger partial charge in [0.2, 0.25) is 0 Å². The Labute approximate surface area is 188 Å². The topological polar surface area (TPSA) is 0 Å². The van der Waals surface area contributed by atoms with Crippen molar-refractivity contribution in [2.24, 2.45) is 0 Å². The molecule has 0 radical (unpaired) electrons. The minimum atomic E-state index is -1.53. The zero-order chi connectivity index (χ0) is 13.8. The van der Waals surface area contributed by atoms with Gasteiger partial charge in [-0.15, -0.1) is 17.0 Å². The normalized spacial score (nSPS) is 10.2. The van der Waals surface area contributed by atoms with Crippen LogP contribution in [-0.4, -0.2) is 6.66 Å². The third-order valence-corrected chi connectivity index (χ3v) is 7.81. The van der Waals surface area contributed by atoms with Gasteiger partial charge in [0.1, 0.15) is 23.2 Å². The van der Waals surface area contributed by atoms with Crippen molar-refractivity contribution in [1.29, 1.82) is 0 Å². The van der Waals surface area contributed by atoms with Gasteiger partial charge in [0.25, 0.3) is 0 Å². The fourth-order valence-corrected chi connectivity index (χ4v) is 5.83. The van der Waals surface area contributed by atoms with E-state index >= 15 is 0 Å². The molecule has 0 saturated carbocycles. The first-order valence-corrected chi connectivity index (χ1v) is 9.09. The summed E-state index contributed by atoms with van der Waals surface area (Å²) in [5.74, 6) is 0. The van der Waals surface area contributed by atoms with E-state index in [-0.39, 0.29) is 69.8 Å². The summed E-state index contributed by atoms with van der Waals surface area (Å²) in [5, 5.41) is 4.28. The molecule has 0 spiro atoms. The van der Waals surface area contributed by atoms with Crippen molar-refractivity contribution in [2.45, 2.75) is 0 Å². The van der Waals surface area contributed by atoms with Crippen molar-refractivity contribution >= 4 is 40.2 Å². The summed E-state index contributed by atoms with van der Waals surface area (Å²) >= 11 is 0. The van der Waals surface area contributed by atoms with E-state index in [0.29, 0.717) is 0 Å². The third-order valence-electron chi connectivity index (χ3n) is 3.82.